The van der Waals surface area contributed by atoms with E-state index in [0.29, 0.717) is 6.61 Å². The zero-order chi connectivity index (χ0) is 15.7. The van der Waals surface area contributed by atoms with Crippen LogP contribution in [0, 0.1) is 0 Å². The first kappa shape index (κ1) is 16.5. The SMILES string of the molecule is C=CC(CC(=O)C(=[N+]=[N-])C(=O)OC)OCc1ccccc1. The van der Waals surface area contributed by atoms with Gasteiger partial charge in [-0.05, 0) is 5.56 Å². The van der Waals surface area contributed by atoms with Crippen molar-refractivity contribution in [3.05, 3.63) is 54.1 Å². The van der Waals surface area contributed by atoms with Crippen LogP contribution in [0.5, 0.6) is 0 Å². The molecule has 0 spiro atoms. The van der Waals surface area contributed by atoms with Crippen molar-refractivity contribution in [1.82, 2.24) is 0 Å². The molecule has 6 nitrogen and oxygen atoms in total. The first-order valence-electron chi connectivity index (χ1n) is 6.24. The van der Waals surface area contributed by atoms with Crippen LogP contribution in [-0.4, -0.2) is 35.5 Å². The maximum absolute atomic E-state index is 11.8. The Morgan fingerprint density at radius 2 is 2.05 bits per heavy atom. The number of carbonyl (C=O) groups excluding carboxylic acids is 2. The number of benzene rings is 1. The summed E-state index contributed by atoms with van der Waals surface area (Å²) >= 11 is 0. The second kappa shape index (κ2) is 8.58. The van der Waals surface area contributed by atoms with Crippen LogP contribution in [0.25, 0.3) is 5.53 Å². The third kappa shape index (κ3) is 5.14. The molecule has 1 rings (SSSR count). The molecule has 0 aliphatic carbocycles. The van der Waals surface area contributed by atoms with E-state index < -0.39 is 23.6 Å². The van der Waals surface area contributed by atoms with Crippen molar-refractivity contribution in [2.75, 3.05) is 7.11 Å². The molecule has 0 amide bonds. The highest BCUT2D eigenvalue weighted by Crippen LogP contribution is 2.08. The fraction of sp³-hybridized carbons (Fsp3) is 0.267. The number of ether oxygens (including phenoxy) is 2. The van der Waals surface area contributed by atoms with Crippen molar-refractivity contribution in [2.24, 2.45) is 0 Å². The first-order valence-corrected chi connectivity index (χ1v) is 6.24. The molecule has 0 fully saturated rings. The molecule has 1 unspecified atom stereocenters. The van der Waals surface area contributed by atoms with Crippen LogP contribution < -0.4 is 0 Å². The van der Waals surface area contributed by atoms with E-state index in [2.05, 4.69) is 16.1 Å². The lowest BCUT2D eigenvalue weighted by Gasteiger charge is -2.12. The predicted octanol–water partition coefficient (Wildman–Crippen LogP) is 1.56. The molecule has 21 heavy (non-hydrogen) atoms. The van der Waals surface area contributed by atoms with Gasteiger partial charge in [0, 0.05) is 6.42 Å². The van der Waals surface area contributed by atoms with Gasteiger partial charge in [-0.15, -0.1) is 6.58 Å². The van der Waals surface area contributed by atoms with Gasteiger partial charge in [-0.25, -0.2) is 4.79 Å². The summed E-state index contributed by atoms with van der Waals surface area (Å²) in [5, 5.41) is 0. The van der Waals surface area contributed by atoms with E-state index >= 15 is 0 Å². The Kier molecular flexibility index (Phi) is 6.74. The molecular weight excluding hydrogens is 272 g/mol. The number of Topliss-reactive ketones (excluding diaryl/α,β-unsaturated/α-hetero) is 1. The molecule has 0 aliphatic heterocycles. The lowest BCUT2D eigenvalue weighted by molar-refractivity contribution is -0.140. The second-order valence-corrected chi connectivity index (χ2v) is 4.14. The smallest absolute Gasteiger partial charge is 0.441 e. The average Bonchev–Trinajstić information content (AvgIpc) is 2.52. The molecule has 0 aliphatic rings. The number of nitrogens with zero attached hydrogens (tertiary/aromatic N) is 2. The monoisotopic (exact) mass is 288 g/mol. The van der Waals surface area contributed by atoms with Crippen molar-refractivity contribution < 1.29 is 23.9 Å². The number of methoxy groups -OCH3 is 1. The number of hydrogen-bond donors (Lipinski definition) is 0. The number of ketones is 1. The third-order valence-corrected chi connectivity index (χ3v) is 2.70. The molecule has 6 heteroatoms. The lowest BCUT2D eigenvalue weighted by atomic mass is 10.1. The standard InChI is InChI=1S/C15H16N2O4/c1-3-12(21-10-11-7-5-4-6-8-11)9-13(18)14(17-16)15(19)20-2/h3-8,12H,1,9-10H2,2H3. The summed E-state index contributed by atoms with van der Waals surface area (Å²) in [5.74, 6) is -1.67. The Hall–Kier alpha value is -2.56. The summed E-state index contributed by atoms with van der Waals surface area (Å²) in [4.78, 5) is 25.7. The normalized spacial score (nSPS) is 11.1. The lowest BCUT2D eigenvalue weighted by Crippen LogP contribution is -2.29. The van der Waals surface area contributed by atoms with Crippen molar-refractivity contribution >= 4 is 17.5 Å². The maximum Gasteiger partial charge on any atom is 0.441 e. The van der Waals surface area contributed by atoms with Crippen LogP contribution in [0.4, 0.5) is 0 Å². The van der Waals surface area contributed by atoms with Gasteiger partial charge in [-0.3, -0.25) is 4.79 Å². The van der Waals surface area contributed by atoms with E-state index in [1.807, 2.05) is 30.3 Å². The molecule has 110 valence electrons. The predicted molar refractivity (Wildman–Crippen MR) is 75.5 cm³/mol. The molecule has 1 aromatic rings. The van der Waals surface area contributed by atoms with Gasteiger partial charge >= 0.3 is 11.7 Å². The highest BCUT2D eigenvalue weighted by molar-refractivity contribution is 6.62. The van der Waals surface area contributed by atoms with Gasteiger partial charge in [0.25, 0.3) is 5.78 Å². The van der Waals surface area contributed by atoms with Crippen molar-refractivity contribution in [3.8, 4) is 0 Å². The van der Waals surface area contributed by atoms with Gasteiger partial charge in [-0.1, -0.05) is 36.4 Å². The Bertz CT molecular complexity index is 562. The minimum Gasteiger partial charge on any atom is -0.460 e. The first-order chi connectivity index (χ1) is 10.1. The molecule has 0 N–H and O–H groups in total. The number of esters is 1. The van der Waals surface area contributed by atoms with Crippen molar-refractivity contribution in [3.63, 3.8) is 0 Å². The fourth-order valence-electron chi connectivity index (χ4n) is 1.57. The molecule has 1 aromatic carbocycles. The summed E-state index contributed by atoms with van der Waals surface area (Å²) in [6, 6.07) is 9.41. The molecule has 1 atom stereocenters. The van der Waals surface area contributed by atoms with Crippen LogP contribution in [-0.2, 0) is 25.7 Å². The molecule has 0 saturated carbocycles. The topological polar surface area (TPSA) is 89.0 Å². The van der Waals surface area contributed by atoms with E-state index in [9.17, 15) is 9.59 Å². The summed E-state index contributed by atoms with van der Waals surface area (Å²) in [5.41, 5.74) is 8.98. The van der Waals surface area contributed by atoms with Crippen molar-refractivity contribution in [2.45, 2.75) is 19.1 Å². The highest BCUT2D eigenvalue weighted by atomic mass is 16.5. The Morgan fingerprint density at radius 1 is 1.38 bits per heavy atom. The maximum atomic E-state index is 11.8. The van der Waals surface area contributed by atoms with Gasteiger partial charge < -0.3 is 15.0 Å². The van der Waals surface area contributed by atoms with Crippen LogP contribution >= 0.6 is 0 Å². The summed E-state index contributed by atoms with van der Waals surface area (Å²) < 4.78 is 9.88. The average molecular weight is 288 g/mol. The molecule has 0 bridgehead atoms. The van der Waals surface area contributed by atoms with Crippen molar-refractivity contribution in [1.29, 1.82) is 0 Å². The zero-order valence-electron chi connectivity index (χ0n) is 11.7. The highest BCUT2D eigenvalue weighted by Gasteiger charge is 2.31. The molecule has 0 heterocycles. The van der Waals surface area contributed by atoms with Gasteiger partial charge in [-0.2, -0.15) is 4.79 Å². The Morgan fingerprint density at radius 3 is 2.57 bits per heavy atom. The molecule has 0 saturated heterocycles. The Balaban J connectivity index is 2.61. The molecule has 0 aromatic heterocycles. The second-order valence-electron chi connectivity index (χ2n) is 4.14. The number of hydrogen-bond acceptors (Lipinski definition) is 4. The van der Waals surface area contributed by atoms with Crippen LogP contribution in [0.2, 0.25) is 0 Å². The summed E-state index contributed by atoms with van der Waals surface area (Å²) in [6.07, 6.45) is 0.692. The van der Waals surface area contributed by atoms with Gasteiger partial charge in [0.15, 0.2) is 0 Å². The van der Waals surface area contributed by atoms with Crippen LogP contribution in [0.15, 0.2) is 43.0 Å². The largest absolute Gasteiger partial charge is 0.460 e. The van der Waals surface area contributed by atoms with Crippen LogP contribution in [0.3, 0.4) is 0 Å². The summed E-state index contributed by atoms with van der Waals surface area (Å²) in [7, 11) is 1.09. The third-order valence-electron chi connectivity index (χ3n) is 2.70. The van der Waals surface area contributed by atoms with E-state index in [4.69, 9.17) is 10.3 Å². The quantitative estimate of drug-likeness (QED) is 0.181. The summed E-state index contributed by atoms with van der Waals surface area (Å²) in [6.45, 7) is 3.88. The van der Waals surface area contributed by atoms with E-state index in [0.717, 1.165) is 12.7 Å². The van der Waals surface area contributed by atoms with Crippen LogP contribution in [0.1, 0.15) is 12.0 Å². The van der Waals surface area contributed by atoms with E-state index in [-0.39, 0.29) is 6.42 Å². The Labute approximate surface area is 122 Å². The van der Waals surface area contributed by atoms with E-state index in [1.165, 1.54) is 6.08 Å². The minimum absolute atomic E-state index is 0.162. The minimum atomic E-state index is -0.992. The fourth-order valence-corrected chi connectivity index (χ4v) is 1.57. The number of carbonyl (C=O) groups is 2. The van der Waals surface area contributed by atoms with Gasteiger partial charge in [0.05, 0.1) is 19.8 Å². The molecule has 0 radical (unpaired) electrons. The number of rotatable bonds is 8. The van der Waals surface area contributed by atoms with Gasteiger partial charge in [0.2, 0.25) is 0 Å². The van der Waals surface area contributed by atoms with E-state index in [1.54, 1.807) is 0 Å². The zero-order valence-corrected chi connectivity index (χ0v) is 11.7. The van der Waals surface area contributed by atoms with Gasteiger partial charge in [0.1, 0.15) is 0 Å². The molecular formula is C15H16N2O4.